The second-order valence-electron chi connectivity index (χ2n) is 2.68. The van der Waals surface area contributed by atoms with Crippen molar-refractivity contribution in [1.82, 2.24) is 0 Å². The molecule has 0 aromatic rings. The first kappa shape index (κ1) is 7.81. The van der Waals surface area contributed by atoms with Gasteiger partial charge in [0.05, 0.1) is 0 Å². The van der Waals surface area contributed by atoms with Crippen molar-refractivity contribution in [3.63, 3.8) is 0 Å². The fraction of sp³-hybridized carbons (Fsp3) is 0.300. The van der Waals surface area contributed by atoms with Crippen LogP contribution < -0.4 is 0 Å². The summed E-state index contributed by atoms with van der Waals surface area (Å²) in [6.07, 6.45) is 11.0. The molecule has 1 atom stereocenters. The van der Waals surface area contributed by atoms with Crippen LogP contribution in [0, 0.1) is 18.3 Å². The van der Waals surface area contributed by atoms with E-state index in [0.29, 0.717) is 11.6 Å². The van der Waals surface area contributed by atoms with Crippen LogP contribution in [0.5, 0.6) is 0 Å². The second kappa shape index (κ2) is 3.21. The summed E-state index contributed by atoms with van der Waals surface area (Å²) >= 11 is 0. The van der Waals surface area contributed by atoms with Gasteiger partial charge in [0.15, 0.2) is 0 Å². The van der Waals surface area contributed by atoms with Gasteiger partial charge in [0.25, 0.3) is 0 Å². The highest BCUT2D eigenvalue weighted by Crippen LogP contribution is 2.13. The van der Waals surface area contributed by atoms with Crippen molar-refractivity contribution in [2.45, 2.75) is 13.8 Å². The molecule has 0 bridgehead atoms. The molecule has 0 spiro atoms. The van der Waals surface area contributed by atoms with Gasteiger partial charge in [0.2, 0.25) is 0 Å². The Morgan fingerprint density at radius 2 is 2.36 bits per heavy atom. The zero-order chi connectivity index (χ0) is 8.27. The molecule has 0 radical (unpaired) electrons. The van der Waals surface area contributed by atoms with Crippen LogP contribution in [0.25, 0.3) is 0 Å². The van der Waals surface area contributed by atoms with Gasteiger partial charge in [-0.1, -0.05) is 24.5 Å². The predicted molar refractivity (Wildman–Crippen MR) is 48.3 cm³/mol. The predicted octanol–water partition coefficient (Wildman–Crippen LogP) is 2.17. The van der Waals surface area contributed by atoms with Gasteiger partial charge in [0.1, 0.15) is 5.71 Å². The summed E-state index contributed by atoms with van der Waals surface area (Å²) in [5, 5.41) is 0. The lowest BCUT2D eigenvalue weighted by molar-refractivity contribution is 0.865. The first-order valence-electron chi connectivity index (χ1n) is 3.63. The molecule has 1 aliphatic rings. The van der Waals surface area contributed by atoms with E-state index in [-0.39, 0.29) is 0 Å². The number of hydrogen-bond acceptors (Lipinski definition) is 1. The lowest BCUT2D eigenvalue weighted by Crippen LogP contribution is -1.93. The summed E-state index contributed by atoms with van der Waals surface area (Å²) in [6.45, 7) is 4.19. The minimum atomic E-state index is 0.449. The van der Waals surface area contributed by atoms with Crippen molar-refractivity contribution in [1.29, 1.82) is 0 Å². The van der Waals surface area contributed by atoms with Gasteiger partial charge in [-0.3, -0.25) is 0 Å². The van der Waals surface area contributed by atoms with E-state index in [0.717, 1.165) is 0 Å². The third-order valence-corrected chi connectivity index (χ3v) is 1.82. The molecule has 1 nitrogen and oxygen atoms in total. The summed E-state index contributed by atoms with van der Waals surface area (Å²) < 4.78 is 0. The molecular weight excluding hydrogens is 134 g/mol. The van der Waals surface area contributed by atoms with Gasteiger partial charge in [-0.05, 0) is 18.9 Å². The zero-order valence-corrected chi connectivity index (χ0v) is 6.83. The molecular formula is C10H11N. The van der Waals surface area contributed by atoms with Gasteiger partial charge < -0.3 is 0 Å². The Bertz CT molecular complexity index is 274. The smallest absolute Gasteiger partial charge is 0.112 e. The van der Waals surface area contributed by atoms with Crippen LogP contribution >= 0.6 is 0 Å². The van der Waals surface area contributed by atoms with Crippen molar-refractivity contribution in [2.24, 2.45) is 10.9 Å². The molecule has 0 saturated heterocycles. The van der Waals surface area contributed by atoms with E-state index in [4.69, 9.17) is 6.42 Å². The Balaban J connectivity index is 2.98. The quantitative estimate of drug-likeness (QED) is 0.463. The highest BCUT2D eigenvalue weighted by Gasteiger charge is 2.02. The fourth-order valence-corrected chi connectivity index (χ4v) is 0.868. The lowest BCUT2D eigenvalue weighted by atomic mass is 10.0. The Labute approximate surface area is 67.5 Å². The van der Waals surface area contributed by atoms with E-state index in [2.05, 4.69) is 24.8 Å². The summed E-state index contributed by atoms with van der Waals surface area (Å²) in [5.41, 5.74) is 1.97. The van der Waals surface area contributed by atoms with E-state index >= 15 is 0 Å². The topological polar surface area (TPSA) is 12.4 Å². The van der Waals surface area contributed by atoms with Crippen molar-refractivity contribution in [2.75, 3.05) is 0 Å². The van der Waals surface area contributed by atoms with Gasteiger partial charge in [0, 0.05) is 6.20 Å². The fourth-order valence-electron chi connectivity index (χ4n) is 0.868. The summed E-state index contributed by atoms with van der Waals surface area (Å²) in [6, 6.07) is 0. The number of aliphatic imine (C=N–C) groups is 1. The standard InChI is InChI=1S/C10H11N/c1-4-10-7-9(3)8(2)5-6-11-10/h1,5-8H,2-3H3. The van der Waals surface area contributed by atoms with Crippen LogP contribution in [-0.2, 0) is 0 Å². The normalized spacial score (nSPS) is 23.2. The van der Waals surface area contributed by atoms with Crippen molar-refractivity contribution in [3.05, 3.63) is 23.9 Å². The molecule has 0 fully saturated rings. The van der Waals surface area contributed by atoms with Crippen LogP contribution in [-0.4, -0.2) is 5.71 Å². The molecule has 1 heterocycles. The first-order chi connectivity index (χ1) is 5.24. The molecule has 1 aliphatic heterocycles. The molecule has 1 rings (SSSR count). The number of rotatable bonds is 0. The number of allylic oxidation sites excluding steroid dienone is 3. The SMILES string of the molecule is C#CC1=NC=CC(C)C(C)=C1. The van der Waals surface area contributed by atoms with Crippen LogP contribution in [0.15, 0.2) is 28.9 Å². The highest BCUT2D eigenvalue weighted by molar-refractivity contribution is 6.09. The van der Waals surface area contributed by atoms with Crippen LogP contribution in [0.2, 0.25) is 0 Å². The minimum absolute atomic E-state index is 0.449. The van der Waals surface area contributed by atoms with Crippen LogP contribution in [0.4, 0.5) is 0 Å². The molecule has 11 heavy (non-hydrogen) atoms. The zero-order valence-electron chi connectivity index (χ0n) is 6.83. The van der Waals surface area contributed by atoms with Crippen LogP contribution in [0.1, 0.15) is 13.8 Å². The Hall–Kier alpha value is -1.29. The minimum Gasteiger partial charge on any atom is -0.248 e. The first-order valence-corrected chi connectivity index (χ1v) is 3.63. The highest BCUT2D eigenvalue weighted by atomic mass is 14.7. The molecule has 1 heteroatoms. The molecule has 0 saturated carbocycles. The average Bonchev–Trinajstić information content (AvgIpc) is 2.15. The van der Waals surface area contributed by atoms with Crippen molar-refractivity contribution >= 4 is 5.71 Å². The second-order valence-corrected chi connectivity index (χ2v) is 2.68. The van der Waals surface area contributed by atoms with Gasteiger partial charge in [-0.25, -0.2) is 4.99 Å². The molecule has 0 aromatic heterocycles. The van der Waals surface area contributed by atoms with E-state index in [1.807, 2.05) is 12.2 Å². The van der Waals surface area contributed by atoms with E-state index in [1.165, 1.54) is 5.57 Å². The molecule has 0 amide bonds. The summed E-state index contributed by atoms with van der Waals surface area (Å²) in [7, 11) is 0. The number of hydrogen-bond donors (Lipinski definition) is 0. The van der Waals surface area contributed by atoms with Gasteiger partial charge >= 0.3 is 0 Å². The van der Waals surface area contributed by atoms with Crippen molar-refractivity contribution < 1.29 is 0 Å². The van der Waals surface area contributed by atoms with Crippen molar-refractivity contribution in [3.8, 4) is 12.3 Å². The Morgan fingerprint density at radius 3 is 3.00 bits per heavy atom. The molecule has 1 unspecified atom stereocenters. The van der Waals surface area contributed by atoms with Gasteiger partial charge in [-0.2, -0.15) is 0 Å². The Morgan fingerprint density at radius 1 is 1.64 bits per heavy atom. The summed E-state index contributed by atoms with van der Waals surface area (Å²) in [5.74, 6) is 2.97. The largest absolute Gasteiger partial charge is 0.248 e. The number of nitrogens with zero attached hydrogens (tertiary/aromatic N) is 1. The summed E-state index contributed by atoms with van der Waals surface area (Å²) in [4.78, 5) is 4.07. The third-order valence-electron chi connectivity index (χ3n) is 1.82. The molecule has 0 aromatic carbocycles. The third kappa shape index (κ3) is 1.81. The van der Waals surface area contributed by atoms with E-state index < -0.39 is 0 Å². The molecule has 0 aliphatic carbocycles. The Kier molecular flexibility index (Phi) is 2.28. The molecule has 0 N–H and O–H groups in total. The van der Waals surface area contributed by atoms with E-state index in [1.54, 1.807) is 6.20 Å². The maximum Gasteiger partial charge on any atom is 0.112 e. The number of terminal acetylenes is 1. The maximum atomic E-state index is 5.22. The van der Waals surface area contributed by atoms with Gasteiger partial charge in [-0.15, -0.1) is 6.42 Å². The lowest BCUT2D eigenvalue weighted by Gasteiger charge is -2.02. The maximum absolute atomic E-state index is 5.22. The average molecular weight is 145 g/mol. The van der Waals surface area contributed by atoms with Crippen LogP contribution in [0.3, 0.4) is 0 Å². The monoisotopic (exact) mass is 145 g/mol. The molecule has 56 valence electrons. The van der Waals surface area contributed by atoms with E-state index in [9.17, 15) is 0 Å².